The number of ether oxygens (including phenoxy) is 1. The fraction of sp³-hybridized carbons (Fsp3) is 0.571. The van der Waals surface area contributed by atoms with Gasteiger partial charge in [0.2, 0.25) is 0 Å². The summed E-state index contributed by atoms with van der Waals surface area (Å²) in [5.74, 6) is 1.64. The molecule has 1 aliphatic carbocycles. The van der Waals surface area contributed by atoms with Crippen LogP contribution in [0.25, 0.3) is 0 Å². The van der Waals surface area contributed by atoms with Gasteiger partial charge in [-0.25, -0.2) is 0 Å². The summed E-state index contributed by atoms with van der Waals surface area (Å²) in [7, 11) is 0. The van der Waals surface area contributed by atoms with Gasteiger partial charge >= 0.3 is 0 Å². The lowest BCUT2D eigenvalue weighted by Gasteiger charge is -2.18. The Bertz CT molecular complexity index is 311. The highest BCUT2D eigenvalue weighted by atomic mass is 16.5. The molecule has 15 heavy (non-hydrogen) atoms. The average molecular weight is 204 g/mol. The van der Waals surface area contributed by atoms with Crippen LogP contribution < -0.4 is 4.74 Å². The lowest BCUT2D eigenvalue weighted by molar-refractivity contribution is 0.207. The summed E-state index contributed by atoms with van der Waals surface area (Å²) in [5.41, 5.74) is 1.34. The molecular weight excluding hydrogens is 184 g/mol. The van der Waals surface area contributed by atoms with Crippen LogP contribution in [0.15, 0.2) is 24.3 Å². The number of benzene rings is 1. The molecule has 0 N–H and O–H groups in total. The first-order valence-electron chi connectivity index (χ1n) is 6.03. The van der Waals surface area contributed by atoms with Gasteiger partial charge in [-0.15, -0.1) is 0 Å². The minimum absolute atomic E-state index is 0.463. The van der Waals surface area contributed by atoms with E-state index in [1.807, 2.05) is 0 Å². The first kappa shape index (κ1) is 10.5. The van der Waals surface area contributed by atoms with E-state index in [2.05, 4.69) is 38.1 Å². The summed E-state index contributed by atoms with van der Waals surface area (Å²) in [5, 5.41) is 0. The van der Waals surface area contributed by atoms with Crippen LogP contribution in [0.1, 0.15) is 51.0 Å². The summed E-state index contributed by atoms with van der Waals surface area (Å²) in [6, 6.07) is 8.44. The van der Waals surface area contributed by atoms with Crippen molar-refractivity contribution in [1.82, 2.24) is 0 Å². The Morgan fingerprint density at radius 3 is 2.47 bits per heavy atom. The topological polar surface area (TPSA) is 9.23 Å². The Morgan fingerprint density at radius 1 is 1.13 bits per heavy atom. The van der Waals surface area contributed by atoms with Crippen LogP contribution in [-0.2, 0) is 0 Å². The first-order chi connectivity index (χ1) is 7.27. The largest absolute Gasteiger partial charge is 0.490 e. The van der Waals surface area contributed by atoms with Gasteiger partial charge in [-0.2, -0.15) is 0 Å². The fourth-order valence-electron chi connectivity index (χ4n) is 2.25. The molecule has 1 aromatic rings. The molecule has 0 amide bonds. The van der Waals surface area contributed by atoms with Gasteiger partial charge < -0.3 is 4.74 Å². The summed E-state index contributed by atoms with van der Waals surface area (Å²) < 4.78 is 6.07. The molecule has 1 nitrogen and oxygen atoms in total. The quantitative estimate of drug-likeness (QED) is 0.719. The van der Waals surface area contributed by atoms with E-state index >= 15 is 0 Å². The average Bonchev–Trinajstić information content (AvgIpc) is 2.71. The van der Waals surface area contributed by atoms with Crippen molar-refractivity contribution in [3.63, 3.8) is 0 Å². The first-order valence-corrected chi connectivity index (χ1v) is 6.03. The predicted molar refractivity (Wildman–Crippen MR) is 63.4 cm³/mol. The Labute approximate surface area is 92.5 Å². The van der Waals surface area contributed by atoms with E-state index in [0.29, 0.717) is 12.0 Å². The van der Waals surface area contributed by atoms with Crippen LogP contribution in [0.4, 0.5) is 0 Å². The van der Waals surface area contributed by atoms with E-state index in [9.17, 15) is 0 Å². The predicted octanol–water partition coefficient (Wildman–Crippen LogP) is 4.13. The number of para-hydroxylation sites is 1. The van der Waals surface area contributed by atoms with Crippen LogP contribution in [0.5, 0.6) is 5.75 Å². The zero-order valence-corrected chi connectivity index (χ0v) is 9.70. The molecule has 0 aromatic heterocycles. The van der Waals surface area contributed by atoms with Crippen molar-refractivity contribution in [2.45, 2.75) is 51.6 Å². The lowest BCUT2D eigenvalue weighted by atomic mass is 10.0. The summed E-state index contributed by atoms with van der Waals surface area (Å²) in [6.07, 6.45) is 5.58. The van der Waals surface area contributed by atoms with E-state index in [4.69, 9.17) is 4.74 Å². The molecule has 0 unspecified atom stereocenters. The number of hydrogen-bond donors (Lipinski definition) is 0. The second kappa shape index (κ2) is 4.69. The van der Waals surface area contributed by atoms with Gasteiger partial charge in [-0.05, 0) is 43.2 Å². The van der Waals surface area contributed by atoms with Gasteiger partial charge in [0.25, 0.3) is 0 Å². The molecule has 1 aliphatic rings. The molecule has 0 spiro atoms. The monoisotopic (exact) mass is 204 g/mol. The van der Waals surface area contributed by atoms with Crippen LogP contribution in [0, 0.1) is 0 Å². The van der Waals surface area contributed by atoms with Crippen molar-refractivity contribution in [2.24, 2.45) is 0 Å². The zero-order chi connectivity index (χ0) is 10.7. The van der Waals surface area contributed by atoms with Gasteiger partial charge in [-0.1, -0.05) is 32.0 Å². The molecule has 1 fully saturated rings. The molecule has 82 valence electrons. The van der Waals surface area contributed by atoms with Crippen molar-refractivity contribution >= 4 is 0 Å². The van der Waals surface area contributed by atoms with Crippen LogP contribution in [0.2, 0.25) is 0 Å². The highest BCUT2D eigenvalue weighted by Gasteiger charge is 2.18. The molecular formula is C14H20O. The van der Waals surface area contributed by atoms with E-state index in [1.165, 1.54) is 31.2 Å². The van der Waals surface area contributed by atoms with Crippen molar-refractivity contribution in [2.75, 3.05) is 0 Å². The molecule has 1 heteroatoms. The van der Waals surface area contributed by atoms with Crippen LogP contribution in [-0.4, -0.2) is 6.10 Å². The summed E-state index contributed by atoms with van der Waals surface area (Å²) >= 11 is 0. The summed E-state index contributed by atoms with van der Waals surface area (Å²) in [4.78, 5) is 0. The lowest BCUT2D eigenvalue weighted by Crippen LogP contribution is -2.12. The second-order valence-electron chi connectivity index (χ2n) is 4.72. The highest BCUT2D eigenvalue weighted by Crippen LogP contribution is 2.30. The number of hydrogen-bond acceptors (Lipinski definition) is 1. The normalized spacial score (nSPS) is 17.3. The third kappa shape index (κ3) is 2.53. The minimum Gasteiger partial charge on any atom is -0.490 e. The Hall–Kier alpha value is -0.980. The van der Waals surface area contributed by atoms with Crippen molar-refractivity contribution < 1.29 is 4.74 Å². The Kier molecular flexibility index (Phi) is 3.30. The van der Waals surface area contributed by atoms with E-state index < -0.39 is 0 Å². The molecule has 0 atom stereocenters. The van der Waals surface area contributed by atoms with Gasteiger partial charge in [-0.3, -0.25) is 0 Å². The summed E-state index contributed by atoms with van der Waals surface area (Å²) in [6.45, 7) is 4.44. The molecule has 2 rings (SSSR count). The standard InChI is InChI=1S/C14H20O/c1-11(2)13-9-5-6-10-14(13)15-12-7-3-4-8-12/h5-6,9-12H,3-4,7-8H2,1-2H3. The molecule has 0 saturated heterocycles. The molecule has 1 aromatic carbocycles. The van der Waals surface area contributed by atoms with Crippen LogP contribution >= 0.6 is 0 Å². The highest BCUT2D eigenvalue weighted by molar-refractivity contribution is 5.35. The van der Waals surface area contributed by atoms with Gasteiger partial charge in [0.1, 0.15) is 5.75 Å². The maximum Gasteiger partial charge on any atom is 0.123 e. The van der Waals surface area contributed by atoms with Crippen LogP contribution in [0.3, 0.4) is 0 Å². The third-order valence-electron chi connectivity index (χ3n) is 3.14. The van der Waals surface area contributed by atoms with E-state index in [1.54, 1.807) is 0 Å². The molecule has 0 aliphatic heterocycles. The van der Waals surface area contributed by atoms with E-state index in [0.717, 1.165) is 5.75 Å². The van der Waals surface area contributed by atoms with Crippen molar-refractivity contribution in [1.29, 1.82) is 0 Å². The van der Waals surface area contributed by atoms with Crippen molar-refractivity contribution in [3.05, 3.63) is 29.8 Å². The minimum atomic E-state index is 0.463. The second-order valence-corrected chi connectivity index (χ2v) is 4.72. The molecule has 0 bridgehead atoms. The Morgan fingerprint density at radius 2 is 1.80 bits per heavy atom. The zero-order valence-electron chi connectivity index (χ0n) is 9.70. The molecule has 0 heterocycles. The maximum atomic E-state index is 6.07. The van der Waals surface area contributed by atoms with Gasteiger partial charge in [0.05, 0.1) is 6.10 Å². The smallest absolute Gasteiger partial charge is 0.123 e. The maximum absolute atomic E-state index is 6.07. The van der Waals surface area contributed by atoms with Gasteiger partial charge in [0, 0.05) is 0 Å². The fourth-order valence-corrected chi connectivity index (χ4v) is 2.25. The Balaban J connectivity index is 2.12. The SMILES string of the molecule is CC(C)c1ccccc1OC1CCCC1. The van der Waals surface area contributed by atoms with Gasteiger partial charge in [0.15, 0.2) is 0 Å². The molecule has 1 saturated carbocycles. The van der Waals surface area contributed by atoms with E-state index in [-0.39, 0.29) is 0 Å². The number of rotatable bonds is 3. The molecule has 0 radical (unpaired) electrons. The third-order valence-corrected chi connectivity index (χ3v) is 3.14. The van der Waals surface area contributed by atoms with Crippen molar-refractivity contribution in [3.8, 4) is 5.75 Å².